The Morgan fingerprint density at radius 2 is 0.619 bits per heavy atom. The van der Waals surface area contributed by atoms with Gasteiger partial charge in [0.15, 0.2) is 11.6 Å². The molecule has 0 radical (unpaired) electrons. The van der Waals surface area contributed by atoms with E-state index in [1.165, 1.54) is 0 Å². The van der Waals surface area contributed by atoms with Gasteiger partial charge in [-0.15, -0.1) is 0 Å². The number of benzene rings is 6. The SMILES string of the molecule is O=C(c1ccccc1)c1ccc2c(c1)/C(=C1/c3ccccc3-c3ccc(C(=O)c4ccccc4)cc31)c1ccccc1-2. The minimum absolute atomic E-state index is 0.00155. The molecular formula is C40H24O2. The van der Waals surface area contributed by atoms with E-state index in [9.17, 15) is 9.59 Å². The first-order chi connectivity index (χ1) is 20.7. The summed E-state index contributed by atoms with van der Waals surface area (Å²) < 4.78 is 0. The van der Waals surface area contributed by atoms with Gasteiger partial charge in [-0.05, 0) is 67.8 Å². The maximum absolute atomic E-state index is 13.5. The zero-order valence-corrected chi connectivity index (χ0v) is 22.7. The highest BCUT2D eigenvalue weighted by Crippen LogP contribution is 2.54. The highest BCUT2D eigenvalue weighted by Gasteiger charge is 2.33. The van der Waals surface area contributed by atoms with Crippen LogP contribution >= 0.6 is 0 Å². The number of hydrogen-bond acceptors (Lipinski definition) is 2. The van der Waals surface area contributed by atoms with Crippen LogP contribution in [-0.2, 0) is 0 Å². The summed E-state index contributed by atoms with van der Waals surface area (Å²) in [5.74, 6) is 0.00310. The molecule has 0 aliphatic heterocycles. The van der Waals surface area contributed by atoms with Gasteiger partial charge in [0.2, 0.25) is 0 Å². The standard InChI is InChI=1S/C40H24O2/c41-39(25-11-3-1-4-12-25)27-19-21-31-29-15-7-9-17-33(29)37(35(31)23-27)38-34-18-10-8-16-30(34)32-22-20-28(24-36(32)38)40(42)26-13-5-2-6-14-26/h1-24H/b38-37-. The average Bonchev–Trinajstić information content (AvgIpc) is 3.56. The van der Waals surface area contributed by atoms with Crippen LogP contribution < -0.4 is 0 Å². The van der Waals surface area contributed by atoms with Crippen LogP contribution in [0.25, 0.3) is 33.4 Å². The minimum atomic E-state index is 0.00155. The van der Waals surface area contributed by atoms with Crippen molar-refractivity contribution in [2.45, 2.75) is 0 Å². The number of hydrogen-bond donors (Lipinski definition) is 0. The minimum Gasteiger partial charge on any atom is -0.289 e. The summed E-state index contributed by atoms with van der Waals surface area (Å²) in [5, 5.41) is 0. The van der Waals surface area contributed by atoms with Gasteiger partial charge in [0.25, 0.3) is 0 Å². The molecule has 6 aromatic carbocycles. The molecule has 0 unspecified atom stereocenters. The molecule has 0 atom stereocenters. The Bertz CT molecular complexity index is 1950. The largest absolute Gasteiger partial charge is 0.289 e. The second kappa shape index (κ2) is 9.50. The molecule has 0 saturated heterocycles. The Labute approximate surface area is 244 Å². The van der Waals surface area contributed by atoms with Crippen LogP contribution in [0, 0.1) is 0 Å². The van der Waals surface area contributed by atoms with Crippen molar-refractivity contribution in [3.05, 3.63) is 190 Å². The molecule has 0 N–H and O–H groups in total. The van der Waals surface area contributed by atoms with Crippen LogP contribution in [0.1, 0.15) is 54.1 Å². The van der Waals surface area contributed by atoms with Gasteiger partial charge in [-0.3, -0.25) is 9.59 Å². The van der Waals surface area contributed by atoms with Gasteiger partial charge in [-0.1, -0.05) is 133 Å². The first kappa shape index (κ1) is 24.2. The van der Waals surface area contributed by atoms with E-state index in [2.05, 4.69) is 60.7 Å². The summed E-state index contributed by atoms with van der Waals surface area (Å²) in [5.41, 5.74) is 13.7. The Hall–Kier alpha value is -5.60. The molecule has 0 bridgehead atoms. The molecule has 2 heteroatoms. The molecule has 2 nitrogen and oxygen atoms in total. The predicted molar refractivity (Wildman–Crippen MR) is 169 cm³/mol. The molecule has 196 valence electrons. The highest BCUT2D eigenvalue weighted by atomic mass is 16.1. The molecule has 0 saturated carbocycles. The van der Waals surface area contributed by atoms with Crippen LogP contribution in [0.2, 0.25) is 0 Å². The van der Waals surface area contributed by atoms with Crippen LogP contribution in [0.3, 0.4) is 0 Å². The van der Waals surface area contributed by atoms with E-state index in [1.54, 1.807) is 0 Å². The fourth-order valence-electron chi connectivity index (χ4n) is 6.47. The van der Waals surface area contributed by atoms with Gasteiger partial charge in [-0.25, -0.2) is 0 Å². The third kappa shape index (κ3) is 3.66. The summed E-state index contributed by atoms with van der Waals surface area (Å²) in [6, 6.07) is 47.9. The molecular weight excluding hydrogens is 512 g/mol. The topological polar surface area (TPSA) is 34.1 Å². The monoisotopic (exact) mass is 536 g/mol. The molecule has 42 heavy (non-hydrogen) atoms. The Morgan fingerprint density at radius 3 is 1.02 bits per heavy atom. The van der Waals surface area contributed by atoms with Crippen molar-refractivity contribution in [1.29, 1.82) is 0 Å². The van der Waals surface area contributed by atoms with Crippen molar-refractivity contribution >= 4 is 22.7 Å². The fourth-order valence-corrected chi connectivity index (χ4v) is 6.47. The summed E-state index contributed by atoms with van der Waals surface area (Å²) in [7, 11) is 0. The van der Waals surface area contributed by atoms with E-state index in [0.29, 0.717) is 22.3 Å². The van der Waals surface area contributed by atoms with Crippen molar-refractivity contribution < 1.29 is 9.59 Å². The molecule has 2 aliphatic rings. The number of rotatable bonds is 4. The van der Waals surface area contributed by atoms with Crippen molar-refractivity contribution in [2.75, 3.05) is 0 Å². The number of ketones is 2. The van der Waals surface area contributed by atoms with E-state index < -0.39 is 0 Å². The van der Waals surface area contributed by atoms with Crippen LogP contribution in [0.5, 0.6) is 0 Å². The number of carbonyl (C=O) groups is 2. The van der Waals surface area contributed by atoms with Gasteiger partial charge >= 0.3 is 0 Å². The predicted octanol–water partition coefficient (Wildman–Crippen LogP) is 9.12. The quantitative estimate of drug-likeness (QED) is 0.210. The van der Waals surface area contributed by atoms with E-state index in [1.807, 2.05) is 84.9 Å². The molecule has 2 aliphatic carbocycles. The molecule has 8 rings (SSSR count). The third-order valence-corrected chi connectivity index (χ3v) is 8.40. The Kier molecular flexibility index (Phi) is 5.48. The van der Waals surface area contributed by atoms with Gasteiger partial charge in [0.05, 0.1) is 0 Å². The molecule has 0 spiro atoms. The van der Waals surface area contributed by atoms with Crippen molar-refractivity contribution in [3.63, 3.8) is 0 Å². The van der Waals surface area contributed by atoms with E-state index >= 15 is 0 Å². The van der Waals surface area contributed by atoms with Crippen LogP contribution in [0.15, 0.2) is 146 Å². The summed E-state index contributed by atoms with van der Waals surface area (Å²) in [4.78, 5) is 27.1. The van der Waals surface area contributed by atoms with Gasteiger partial charge in [0.1, 0.15) is 0 Å². The zero-order valence-electron chi connectivity index (χ0n) is 22.7. The molecule has 0 heterocycles. The smallest absolute Gasteiger partial charge is 0.193 e. The average molecular weight is 537 g/mol. The van der Waals surface area contributed by atoms with Gasteiger partial charge in [-0.2, -0.15) is 0 Å². The lowest BCUT2D eigenvalue weighted by atomic mass is 9.89. The lowest BCUT2D eigenvalue weighted by Gasteiger charge is -2.13. The zero-order chi connectivity index (χ0) is 28.2. The summed E-state index contributed by atoms with van der Waals surface area (Å²) >= 11 is 0. The maximum atomic E-state index is 13.5. The normalized spacial score (nSPS) is 14.1. The Morgan fingerprint density at radius 1 is 0.286 bits per heavy atom. The molecule has 6 aromatic rings. The maximum Gasteiger partial charge on any atom is 0.193 e. The van der Waals surface area contributed by atoms with Crippen LogP contribution in [-0.4, -0.2) is 11.6 Å². The number of fused-ring (bicyclic) bond motifs is 6. The lowest BCUT2D eigenvalue weighted by Crippen LogP contribution is -2.02. The van der Waals surface area contributed by atoms with Crippen molar-refractivity contribution in [2.24, 2.45) is 0 Å². The fraction of sp³-hybridized carbons (Fsp3) is 0. The van der Waals surface area contributed by atoms with E-state index in [0.717, 1.165) is 55.7 Å². The second-order valence-corrected chi connectivity index (χ2v) is 10.8. The van der Waals surface area contributed by atoms with Gasteiger partial charge < -0.3 is 0 Å². The van der Waals surface area contributed by atoms with Crippen molar-refractivity contribution in [1.82, 2.24) is 0 Å². The summed E-state index contributed by atoms with van der Waals surface area (Å²) in [6.45, 7) is 0. The van der Waals surface area contributed by atoms with Crippen LogP contribution in [0.4, 0.5) is 0 Å². The third-order valence-electron chi connectivity index (χ3n) is 8.40. The Balaban J connectivity index is 1.39. The van der Waals surface area contributed by atoms with Gasteiger partial charge in [0, 0.05) is 22.3 Å². The van der Waals surface area contributed by atoms with E-state index in [-0.39, 0.29) is 11.6 Å². The number of carbonyl (C=O) groups excluding carboxylic acids is 2. The molecule has 0 fully saturated rings. The molecule has 0 aromatic heterocycles. The lowest BCUT2D eigenvalue weighted by molar-refractivity contribution is 0.103. The first-order valence-corrected chi connectivity index (χ1v) is 14.1. The highest BCUT2D eigenvalue weighted by molar-refractivity contribution is 6.21. The summed E-state index contributed by atoms with van der Waals surface area (Å²) in [6.07, 6.45) is 0. The molecule has 0 amide bonds. The first-order valence-electron chi connectivity index (χ1n) is 14.1. The van der Waals surface area contributed by atoms with E-state index in [4.69, 9.17) is 0 Å². The van der Waals surface area contributed by atoms with Crippen molar-refractivity contribution in [3.8, 4) is 22.3 Å². The second-order valence-electron chi connectivity index (χ2n) is 10.8.